The Morgan fingerprint density at radius 3 is 2.31 bits per heavy atom. The molecular weight excluding hydrogens is 212 g/mol. The minimum absolute atomic E-state index is 0.690. The topological polar surface area (TPSA) is 0 Å². The molecule has 0 N–H and O–H groups in total. The van der Waals surface area contributed by atoms with Crippen LogP contribution in [0.25, 0.3) is 5.57 Å². The molecule has 0 spiro atoms. The van der Waals surface area contributed by atoms with Gasteiger partial charge in [-0.2, -0.15) is 0 Å². The maximum absolute atomic E-state index is 2.31. The van der Waals surface area contributed by atoms with Crippen LogP contribution in [0.2, 0.25) is 0 Å². The molecule has 0 aliphatic carbocycles. The summed E-state index contributed by atoms with van der Waals surface area (Å²) in [6.07, 6.45) is 2.92. The molecule has 86 valence electrons. The van der Waals surface area contributed by atoms with Crippen molar-refractivity contribution in [2.24, 2.45) is 0 Å². The van der Waals surface area contributed by atoms with E-state index in [4.69, 9.17) is 0 Å². The second-order valence-electron chi connectivity index (χ2n) is 4.64. The lowest BCUT2D eigenvalue weighted by Crippen LogP contribution is -2.10. The highest BCUT2D eigenvalue weighted by molar-refractivity contribution is 7.97. The van der Waals surface area contributed by atoms with Crippen molar-refractivity contribution in [2.45, 2.75) is 26.7 Å². The van der Waals surface area contributed by atoms with Gasteiger partial charge in [0.25, 0.3) is 0 Å². The summed E-state index contributed by atoms with van der Waals surface area (Å²) in [7, 11) is 0.690. The van der Waals surface area contributed by atoms with Crippen molar-refractivity contribution in [3.8, 4) is 0 Å². The molecule has 1 heteroatoms. The largest absolute Gasteiger partial charge is 0.129 e. The molecule has 1 aliphatic heterocycles. The van der Waals surface area contributed by atoms with Crippen LogP contribution < -0.4 is 0 Å². The lowest BCUT2D eigenvalue weighted by molar-refractivity contribution is 0.949. The summed E-state index contributed by atoms with van der Waals surface area (Å²) in [4.78, 5) is 0. The summed E-state index contributed by atoms with van der Waals surface area (Å²) in [6.45, 7) is 4.58. The molecule has 0 atom stereocenters. The Morgan fingerprint density at radius 1 is 1.06 bits per heavy atom. The first kappa shape index (κ1) is 11.8. The fourth-order valence-electron chi connectivity index (χ4n) is 2.21. The average molecular weight is 233 g/mol. The van der Waals surface area contributed by atoms with Gasteiger partial charge in [0.2, 0.25) is 0 Å². The molecule has 16 heavy (non-hydrogen) atoms. The van der Waals surface area contributed by atoms with E-state index in [0.29, 0.717) is 10.9 Å². The third-order valence-electron chi connectivity index (χ3n) is 3.38. The SMILES string of the molecule is C/C(C[S+]1CCCC1)=C(\C)c1ccccc1. The van der Waals surface area contributed by atoms with Gasteiger partial charge in [-0.1, -0.05) is 30.3 Å². The van der Waals surface area contributed by atoms with E-state index in [0.717, 1.165) is 0 Å². The van der Waals surface area contributed by atoms with Crippen molar-refractivity contribution in [1.29, 1.82) is 0 Å². The molecule has 1 fully saturated rings. The van der Waals surface area contributed by atoms with Gasteiger partial charge in [-0.15, -0.1) is 0 Å². The lowest BCUT2D eigenvalue weighted by Gasteiger charge is -2.07. The second kappa shape index (κ2) is 5.58. The predicted octanol–water partition coefficient (Wildman–Crippen LogP) is 3.89. The number of hydrogen-bond acceptors (Lipinski definition) is 0. The van der Waals surface area contributed by atoms with E-state index in [9.17, 15) is 0 Å². The van der Waals surface area contributed by atoms with Crippen LogP contribution in [-0.4, -0.2) is 17.3 Å². The maximum Gasteiger partial charge on any atom is 0.129 e. The molecule has 0 bridgehead atoms. The Morgan fingerprint density at radius 2 is 1.69 bits per heavy atom. The summed E-state index contributed by atoms with van der Waals surface area (Å²) in [5.74, 6) is 4.28. The Balaban J connectivity index is 2.08. The number of allylic oxidation sites excluding steroid dienone is 1. The minimum atomic E-state index is 0.690. The fourth-order valence-corrected chi connectivity index (χ4v) is 4.75. The standard InChI is InChI=1S/C15H21S/c1-13(12-16-10-6-7-11-16)14(2)15-8-4-3-5-9-15/h3-5,8-9H,6-7,10-12H2,1-2H3/q+1/b14-13-. The normalized spacial score (nSPS) is 18.6. The van der Waals surface area contributed by atoms with E-state index in [1.807, 2.05) is 0 Å². The first-order chi connectivity index (χ1) is 7.77. The third kappa shape index (κ3) is 2.91. The van der Waals surface area contributed by atoms with Crippen molar-refractivity contribution in [1.82, 2.24) is 0 Å². The second-order valence-corrected chi connectivity index (χ2v) is 6.97. The van der Waals surface area contributed by atoms with Crippen molar-refractivity contribution < 1.29 is 0 Å². The zero-order valence-corrected chi connectivity index (χ0v) is 11.1. The predicted molar refractivity (Wildman–Crippen MR) is 75.9 cm³/mol. The van der Waals surface area contributed by atoms with Gasteiger partial charge < -0.3 is 0 Å². The minimum Gasteiger partial charge on any atom is -0.0622 e. The first-order valence-electron chi connectivity index (χ1n) is 6.13. The Kier molecular flexibility index (Phi) is 4.11. The van der Waals surface area contributed by atoms with Crippen LogP contribution in [-0.2, 0) is 10.9 Å². The molecule has 2 rings (SSSR count). The van der Waals surface area contributed by atoms with E-state index < -0.39 is 0 Å². The van der Waals surface area contributed by atoms with E-state index >= 15 is 0 Å². The Hall–Kier alpha value is -0.690. The van der Waals surface area contributed by atoms with Crippen molar-refractivity contribution in [2.75, 3.05) is 17.3 Å². The average Bonchev–Trinajstić information content (AvgIpc) is 2.82. The summed E-state index contributed by atoms with van der Waals surface area (Å²) in [5, 5.41) is 0. The van der Waals surface area contributed by atoms with Gasteiger partial charge in [0, 0.05) is 0 Å². The number of rotatable bonds is 3. The van der Waals surface area contributed by atoms with Gasteiger partial charge in [-0.3, -0.25) is 0 Å². The van der Waals surface area contributed by atoms with Crippen molar-refractivity contribution >= 4 is 16.5 Å². The molecule has 1 aromatic rings. The molecule has 0 unspecified atom stereocenters. The van der Waals surface area contributed by atoms with Crippen LogP contribution >= 0.6 is 0 Å². The summed E-state index contributed by atoms with van der Waals surface area (Å²) < 4.78 is 0. The third-order valence-corrected chi connectivity index (χ3v) is 5.96. The smallest absolute Gasteiger partial charge is 0.0622 e. The molecule has 1 heterocycles. The molecular formula is C15H21S+. The number of hydrogen-bond donors (Lipinski definition) is 0. The monoisotopic (exact) mass is 233 g/mol. The van der Waals surface area contributed by atoms with Crippen LogP contribution in [0.3, 0.4) is 0 Å². The first-order valence-corrected chi connectivity index (χ1v) is 7.86. The maximum atomic E-state index is 2.31. The fraction of sp³-hybridized carbons (Fsp3) is 0.467. The van der Waals surface area contributed by atoms with Gasteiger partial charge in [-0.05, 0) is 54.3 Å². The molecule has 0 saturated carbocycles. The van der Waals surface area contributed by atoms with Crippen LogP contribution in [0.15, 0.2) is 35.9 Å². The van der Waals surface area contributed by atoms with Crippen LogP contribution in [0.5, 0.6) is 0 Å². The van der Waals surface area contributed by atoms with Gasteiger partial charge >= 0.3 is 0 Å². The summed E-state index contributed by atoms with van der Waals surface area (Å²) in [5.41, 5.74) is 4.47. The molecule has 1 saturated heterocycles. The van der Waals surface area contributed by atoms with Gasteiger partial charge in [0.15, 0.2) is 0 Å². The lowest BCUT2D eigenvalue weighted by atomic mass is 10.0. The Labute approximate surface area is 102 Å². The highest BCUT2D eigenvalue weighted by Crippen LogP contribution is 2.22. The van der Waals surface area contributed by atoms with Gasteiger partial charge in [0.1, 0.15) is 17.3 Å². The van der Waals surface area contributed by atoms with Crippen LogP contribution in [0.1, 0.15) is 32.3 Å². The van der Waals surface area contributed by atoms with E-state index in [1.54, 1.807) is 5.57 Å². The molecule has 0 nitrogen and oxygen atoms in total. The zero-order valence-electron chi connectivity index (χ0n) is 10.3. The summed E-state index contributed by atoms with van der Waals surface area (Å²) in [6, 6.07) is 10.8. The van der Waals surface area contributed by atoms with Crippen LogP contribution in [0.4, 0.5) is 0 Å². The van der Waals surface area contributed by atoms with E-state index in [2.05, 4.69) is 44.2 Å². The quantitative estimate of drug-likeness (QED) is 0.695. The zero-order chi connectivity index (χ0) is 11.4. The molecule has 0 aromatic heterocycles. The van der Waals surface area contributed by atoms with Gasteiger partial charge in [0.05, 0.1) is 0 Å². The molecule has 0 amide bonds. The number of benzene rings is 1. The molecule has 0 radical (unpaired) electrons. The van der Waals surface area contributed by atoms with Gasteiger partial charge in [-0.25, -0.2) is 0 Å². The summed E-state index contributed by atoms with van der Waals surface area (Å²) >= 11 is 0. The van der Waals surface area contributed by atoms with Crippen LogP contribution in [0, 0.1) is 0 Å². The highest BCUT2D eigenvalue weighted by atomic mass is 32.2. The van der Waals surface area contributed by atoms with Crippen molar-refractivity contribution in [3.05, 3.63) is 41.5 Å². The Bertz CT molecular complexity index is 358. The molecule has 1 aromatic carbocycles. The van der Waals surface area contributed by atoms with E-state index in [-0.39, 0.29) is 0 Å². The van der Waals surface area contributed by atoms with E-state index in [1.165, 1.54) is 41.2 Å². The van der Waals surface area contributed by atoms with Crippen molar-refractivity contribution in [3.63, 3.8) is 0 Å². The highest BCUT2D eigenvalue weighted by Gasteiger charge is 2.24. The molecule has 1 aliphatic rings.